The molecule has 0 aliphatic heterocycles. The van der Waals surface area contributed by atoms with Gasteiger partial charge in [0.15, 0.2) is 23.1 Å². The van der Waals surface area contributed by atoms with Gasteiger partial charge in [-0.05, 0) is 71.9 Å². The molecule has 0 amide bonds. The van der Waals surface area contributed by atoms with Gasteiger partial charge in [-0.15, -0.1) is 0 Å². The van der Waals surface area contributed by atoms with Crippen molar-refractivity contribution in [2.75, 3.05) is 14.2 Å². The number of ether oxygens (including phenoxy) is 2. The van der Waals surface area contributed by atoms with Crippen molar-refractivity contribution in [1.29, 1.82) is 0 Å². The van der Waals surface area contributed by atoms with Gasteiger partial charge in [0.25, 0.3) is 5.79 Å². The summed E-state index contributed by atoms with van der Waals surface area (Å²) in [7, 11) is 2.94. The Hall–Kier alpha value is -6.57. The molecule has 6 aromatic rings. The smallest absolute Gasteiger partial charge is 0.260 e. The number of hydrogen-bond donors (Lipinski definition) is 4. The number of carbonyl (C=O) groups excluding carboxylic acids is 5. The van der Waals surface area contributed by atoms with Crippen molar-refractivity contribution in [2.45, 2.75) is 108 Å². The number of Topliss-reactive ketones (excluding diaryl/α,β-unsaturated/α-hetero) is 5. The zero-order chi connectivity index (χ0) is 52.5. The second-order valence-corrected chi connectivity index (χ2v) is 19.0. The SMILES string of the molecule is CC(C)(O)C(=O)c1ccc(Cc2ccc(C(=O)C(C)(C)O)cc2)cc1.CC(C)(O)C(=O)c1ccccc1.COC(OC)(C(=O)c1ccccc1)c1ccccc1.O=C(c1ccccc1)C1(O)CCCCC1. The number of carbonyl (C=O) groups is 5. The Morgan fingerprint density at radius 2 is 0.718 bits per heavy atom. The van der Waals surface area contributed by atoms with E-state index in [1.165, 1.54) is 55.8 Å². The first-order valence-electron chi connectivity index (χ1n) is 23.6. The summed E-state index contributed by atoms with van der Waals surface area (Å²) >= 11 is 0. The van der Waals surface area contributed by atoms with Gasteiger partial charge in [-0.25, -0.2) is 0 Å². The molecule has 1 saturated carbocycles. The second kappa shape index (κ2) is 25.5. The van der Waals surface area contributed by atoms with E-state index in [0.29, 0.717) is 52.6 Å². The molecule has 6 aromatic carbocycles. The average molecular weight is 965 g/mol. The molecule has 374 valence electrons. The van der Waals surface area contributed by atoms with Gasteiger partial charge in [0.05, 0.1) is 0 Å². The highest BCUT2D eigenvalue weighted by Crippen LogP contribution is 2.32. The number of methoxy groups -OCH3 is 2. The quantitative estimate of drug-likeness (QED) is 0.0567. The molecule has 4 N–H and O–H groups in total. The zero-order valence-electron chi connectivity index (χ0n) is 42.1. The zero-order valence-corrected chi connectivity index (χ0v) is 42.1. The fraction of sp³-hybridized carbons (Fsp3) is 0.317. The molecule has 1 fully saturated rings. The number of ketones is 5. The summed E-state index contributed by atoms with van der Waals surface area (Å²) in [5.41, 5.74) is 0.249. The lowest BCUT2D eigenvalue weighted by atomic mass is 9.79. The molecule has 7 rings (SSSR count). The van der Waals surface area contributed by atoms with E-state index in [9.17, 15) is 44.4 Å². The third-order valence-corrected chi connectivity index (χ3v) is 11.7. The lowest BCUT2D eigenvalue weighted by molar-refractivity contribution is -0.176. The van der Waals surface area contributed by atoms with Crippen LogP contribution in [0.4, 0.5) is 0 Å². The van der Waals surface area contributed by atoms with Crippen molar-refractivity contribution < 1.29 is 53.9 Å². The highest BCUT2D eigenvalue weighted by molar-refractivity contribution is 6.04. The van der Waals surface area contributed by atoms with Crippen LogP contribution in [-0.4, -0.2) is 86.0 Å². The van der Waals surface area contributed by atoms with E-state index in [0.717, 1.165) is 30.4 Å². The predicted octanol–water partition coefficient (Wildman–Crippen LogP) is 10.4. The number of benzene rings is 6. The minimum atomic E-state index is -1.40. The number of rotatable bonds is 15. The lowest BCUT2D eigenvalue weighted by Gasteiger charge is -2.30. The van der Waals surface area contributed by atoms with Crippen molar-refractivity contribution in [3.63, 3.8) is 0 Å². The van der Waals surface area contributed by atoms with Gasteiger partial charge in [-0.2, -0.15) is 0 Å². The molecule has 0 unspecified atom stereocenters. The number of aliphatic hydroxyl groups is 4. The monoisotopic (exact) mass is 964 g/mol. The second-order valence-electron chi connectivity index (χ2n) is 19.0. The van der Waals surface area contributed by atoms with Gasteiger partial charge in [0.2, 0.25) is 5.78 Å². The molecule has 1 aliphatic rings. The Kier molecular flexibility index (Phi) is 20.5. The summed E-state index contributed by atoms with van der Waals surface area (Å²) in [5.74, 6) is -2.60. The maximum atomic E-state index is 12.7. The summed E-state index contributed by atoms with van der Waals surface area (Å²) in [6, 6.07) is 50.3. The van der Waals surface area contributed by atoms with E-state index in [1.807, 2.05) is 97.1 Å². The third-order valence-electron chi connectivity index (χ3n) is 11.7. The van der Waals surface area contributed by atoms with Gasteiger partial charge in [0, 0.05) is 47.6 Å². The van der Waals surface area contributed by atoms with Crippen LogP contribution in [0, 0.1) is 0 Å². The van der Waals surface area contributed by atoms with Crippen molar-refractivity contribution in [3.05, 3.63) is 214 Å². The van der Waals surface area contributed by atoms with Crippen LogP contribution in [0.2, 0.25) is 0 Å². The van der Waals surface area contributed by atoms with Gasteiger partial charge >= 0.3 is 0 Å². The Morgan fingerprint density at radius 1 is 0.423 bits per heavy atom. The molecule has 11 nitrogen and oxygen atoms in total. The van der Waals surface area contributed by atoms with Gasteiger partial charge in [-0.3, -0.25) is 24.0 Å². The highest BCUT2D eigenvalue weighted by Gasteiger charge is 2.41. The van der Waals surface area contributed by atoms with Crippen molar-refractivity contribution in [1.82, 2.24) is 0 Å². The first-order chi connectivity index (χ1) is 33.5. The maximum Gasteiger partial charge on any atom is 0.260 e. The van der Waals surface area contributed by atoms with Gasteiger partial charge in [-0.1, -0.05) is 189 Å². The summed E-state index contributed by atoms with van der Waals surface area (Å²) in [6.07, 6.45) is 4.92. The minimum absolute atomic E-state index is 0.109. The van der Waals surface area contributed by atoms with Crippen LogP contribution in [0.25, 0.3) is 0 Å². The van der Waals surface area contributed by atoms with E-state index in [4.69, 9.17) is 9.47 Å². The van der Waals surface area contributed by atoms with E-state index in [-0.39, 0.29) is 28.9 Å². The fourth-order valence-corrected chi connectivity index (χ4v) is 7.73. The Labute approximate surface area is 418 Å². The molecule has 0 spiro atoms. The summed E-state index contributed by atoms with van der Waals surface area (Å²) in [5, 5.41) is 39.2. The summed E-state index contributed by atoms with van der Waals surface area (Å²) in [4.78, 5) is 60.2. The van der Waals surface area contributed by atoms with Crippen LogP contribution < -0.4 is 0 Å². The van der Waals surface area contributed by atoms with Gasteiger partial charge in [0.1, 0.15) is 22.4 Å². The van der Waals surface area contributed by atoms with E-state index >= 15 is 0 Å². The molecule has 0 radical (unpaired) electrons. The van der Waals surface area contributed by atoms with Gasteiger partial charge < -0.3 is 29.9 Å². The molecule has 0 bridgehead atoms. The van der Waals surface area contributed by atoms with Crippen molar-refractivity contribution >= 4 is 28.9 Å². The standard InChI is InChI=1S/C21H24O4.C16H16O3.C13H16O2.C10H12O2/c1-20(2,24)18(22)16-9-5-14(6-10-16)13-15-7-11-17(12-8-15)19(23)21(3,4)25;1-18-16(19-2,14-11-7-4-8-12-14)15(17)13-9-5-3-6-10-13;14-12(11-7-3-1-4-8-11)13(15)9-5-2-6-10-13;1-10(2,12)9(11)8-6-4-3-5-7-8/h5-12,24-25H,13H2,1-4H3;3-12H,1-2H3;1,3-4,7-8,15H,2,5-6,9-10H2;3-7,12H,1-2H3. The van der Waals surface area contributed by atoms with Crippen molar-refractivity contribution in [3.8, 4) is 0 Å². The molecule has 71 heavy (non-hydrogen) atoms. The molecule has 0 aromatic heterocycles. The topological polar surface area (TPSA) is 185 Å². The third kappa shape index (κ3) is 16.2. The molecule has 11 heteroatoms. The molecule has 1 aliphatic carbocycles. The van der Waals surface area contributed by atoms with Crippen LogP contribution in [0.1, 0.15) is 142 Å². The first kappa shape index (κ1) is 57.0. The molecule has 0 heterocycles. The fourth-order valence-electron chi connectivity index (χ4n) is 7.73. The highest BCUT2D eigenvalue weighted by atomic mass is 16.7. The van der Waals surface area contributed by atoms with Crippen LogP contribution in [0.5, 0.6) is 0 Å². The molecular weight excluding hydrogens is 897 g/mol. The molecule has 0 saturated heterocycles. The normalized spacial score (nSPS) is 13.4. The number of hydrogen-bond acceptors (Lipinski definition) is 11. The average Bonchev–Trinajstić information content (AvgIpc) is 3.37. The van der Waals surface area contributed by atoms with E-state index in [1.54, 1.807) is 72.8 Å². The Balaban J connectivity index is 0.000000213. The largest absolute Gasteiger partial charge is 0.382 e. The van der Waals surface area contributed by atoms with Crippen LogP contribution in [0.3, 0.4) is 0 Å². The first-order valence-corrected chi connectivity index (χ1v) is 23.6. The molecular formula is C60H68O11. The van der Waals surface area contributed by atoms with E-state index < -0.39 is 28.2 Å². The van der Waals surface area contributed by atoms with E-state index in [2.05, 4.69) is 0 Å². The lowest BCUT2D eigenvalue weighted by Crippen LogP contribution is -2.40. The minimum Gasteiger partial charge on any atom is -0.382 e. The maximum absolute atomic E-state index is 12.7. The van der Waals surface area contributed by atoms with Crippen LogP contribution in [-0.2, 0) is 21.7 Å². The molecule has 0 atom stereocenters. The predicted molar refractivity (Wildman–Crippen MR) is 276 cm³/mol. The van der Waals surface area contributed by atoms with Crippen LogP contribution in [0.15, 0.2) is 170 Å². The Morgan fingerprint density at radius 3 is 1.04 bits per heavy atom. The van der Waals surface area contributed by atoms with Crippen LogP contribution >= 0.6 is 0 Å². The summed E-state index contributed by atoms with van der Waals surface area (Å²) < 4.78 is 10.8. The Bertz CT molecular complexity index is 2550. The summed E-state index contributed by atoms with van der Waals surface area (Å²) in [6.45, 7) is 8.86. The van der Waals surface area contributed by atoms with Crippen molar-refractivity contribution in [2.24, 2.45) is 0 Å².